The van der Waals surface area contributed by atoms with E-state index in [-0.39, 0.29) is 5.56 Å². The van der Waals surface area contributed by atoms with E-state index in [4.69, 9.17) is 0 Å². The molecule has 1 aliphatic heterocycles. The van der Waals surface area contributed by atoms with Crippen LogP contribution in [0.25, 0.3) is 0 Å². The van der Waals surface area contributed by atoms with Crippen molar-refractivity contribution in [3.63, 3.8) is 0 Å². The van der Waals surface area contributed by atoms with Crippen molar-refractivity contribution in [2.45, 2.75) is 17.0 Å². The van der Waals surface area contributed by atoms with Crippen molar-refractivity contribution in [1.82, 2.24) is 9.97 Å². The molecule has 0 saturated carbocycles. The highest BCUT2D eigenvalue weighted by Gasteiger charge is 2.27. The summed E-state index contributed by atoms with van der Waals surface area (Å²) in [6, 6.07) is 6.40. The summed E-state index contributed by atoms with van der Waals surface area (Å²) in [7, 11) is 0. The van der Waals surface area contributed by atoms with Gasteiger partial charge in [0.2, 0.25) is 0 Å². The first-order valence-electron chi connectivity index (χ1n) is 5.78. The Balaban J connectivity index is 1.93. The molecule has 3 rings (SSSR count). The molecule has 0 aliphatic carbocycles. The molecule has 100 valence electrons. The van der Waals surface area contributed by atoms with Crippen LogP contribution in [0.15, 0.2) is 39.1 Å². The molecule has 1 amide bonds. The van der Waals surface area contributed by atoms with E-state index in [9.17, 15) is 14.4 Å². The third kappa shape index (κ3) is 2.23. The maximum absolute atomic E-state index is 11.5. The normalized spacial score (nSPS) is 13.2. The number of fused-ring (bicyclic) bond motifs is 1. The standard InChI is InChI=1S/C13H9N3O3S/c1-6-4-10(17)16-13(14-6)20-7-2-3-8-9(5-7)15-12(19)11(8)18/h2-5H,1H3,(H,14,16,17)(H,15,18,19). The van der Waals surface area contributed by atoms with E-state index >= 15 is 0 Å². The lowest BCUT2D eigenvalue weighted by atomic mass is 10.1. The van der Waals surface area contributed by atoms with Gasteiger partial charge in [0.25, 0.3) is 17.2 Å². The van der Waals surface area contributed by atoms with Crippen LogP contribution in [0.2, 0.25) is 0 Å². The highest BCUT2D eigenvalue weighted by atomic mass is 32.2. The average Bonchev–Trinajstić information content (AvgIpc) is 2.63. The largest absolute Gasteiger partial charge is 0.318 e. The Morgan fingerprint density at radius 2 is 1.95 bits per heavy atom. The second kappa shape index (κ2) is 4.61. The molecule has 7 heteroatoms. The minimum absolute atomic E-state index is 0.218. The number of H-pyrrole nitrogens is 1. The number of aromatic amines is 1. The van der Waals surface area contributed by atoms with E-state index < -0.39 is 11.7 Å². The van der Waals surface area contributed by atoms with Crippen LogP contribution in [-0.2, 0) is 4.79 Å². The molecule has 1 aromatic heterocycles. The van der Waals surface area contributed by atoms with Crippen molar-refractivity contribution in [3.05, 3.63) is 45.9 Å². The van der Waals surface area contributed by atoms with Crippen LogP contribution in [0, 0.1) is 6.92 Å². The number of hydrogen-bond donors (Lipinski definition) is 2. The van der Waals surface area contributed by atoms with Crippen molar-refractivity contribution in [3.8, 4) is 0 Å². The van der Waals surface area contributed by atoms with Crippen LogP contribution in [0.5, 0.6) is 0 Å². The molecular formula is C13H9N3O3S. The predicted octanol–water partition coefficient (Wildman–Crippen LogP) is 1.36. The topological polar surface area (TPSA) is 91.9 Å². The molecule has 2 heterocycles. The lowest BCUT2D eigenvalue weighted by molar-refractivity contribution is -0.112. The zero-order chi connectivity index (χ0) is 14.3. The summed E-state index contributed by atoms with van der Waals surface area (Å²) in [6.07, 6.45) is 0. The van der Waals surface area contributed by atoms with Gasteiger partial charge >= 0.3 is 0 Å². The van der Waals surface area contributed by atoms with Gasteiger partial charge in [0, 0.05) is 16.7 Å². The van der Waals surface area contributed by atoms with Gasteiger partial charge in [0.15, 0.2) is 5.16 Å². The molecule has 0 radical (unpaired) electrons. The van der Waals surface area contributed by atoms with E-state index in [1.54, 1.807) is 25.1 Å². The number of carbonyl (C=O) groups is 2. The summed E-state index contributed by atoms with van der Waals surface area (Å²) < 4.78 is 0. The average molecular weight is 287 g/mol. The molecule has 1 aliphatic rings. The number of aromatic nitrogens is 2. The van der Waals surface area contributed by atoms with Gasteiger partial charge in [-0.1, -0.05) is 11.8 Å². The zero-order valence-corrected chi connectivity index (χ0v) is 11.2. The first kappa shape index (κ1) is 12.6. The third-order valence-corrected chi connectivity index (χ3v) is 3.63. The molecule has 0 atom stereocenters. The molecule has 0 fully saturated rings. The predicted molar refractivity (Wildman–Crippen MR) is 73.1 cm³/mol. The van der Waals surface area contributed by atoms with Crippen molar-refractivity contribution < 1.29 is 9.59 Å². The first-order valence-corrected chi connectivity index (χ1v) is 6.60. The quantitative estimate of drug-likeness (QED) is 0.643. The fourth-order valence-electron chi connectivity index (χ4n) is 1.90. The van der Waals surface area contributed by atoms with Gasteiger partial charge in [0.1, 0.15) is 0 Å². The Hall–Kier alpha value is -2.41. The number of Topliss-reactive ketones (excluding diaryl/α,β-unsaturated/α-hetero) is 1. The Morgan fingerprint density at radius 1 is 1.15 bits per heavy atom. The number of anilines is 1. The number of benzene rings is 1. The summed E-state index contributed by atoms with van der Waals surface area (Å²) in [6.45, 7) is 1.74. The van der Waals surface area contributed by atoms with Gasteiger partial charge in [-0.3, -0.25) is 14.4 Å². The lowest BCUT2D eigenvalue weighted by Crippen LogP contribution is -2.12. The van der Waals surface area contributed by atoms with E-state index in [0.29, 0.717) is 22.1 Å². The second-order valence-corrected chi connectivity index (χ2v) is 5.35. The number of hydrogen-bond acceptors (Lipinski definition) is 5. The monoisotopic (exact) mass is 287 g/mol. The van der Waals surface area contributed by atoms with Crippen LogP contribution in [0.1, 0.15) is 16.1 Å². The van der Waals surface area contributed by atoms with Crippen LogP contribution in [0.4, 0.5) is 5.69 Å². The molecular weight excluding hydrogens is 278 g/mol. The minimum atomic E-state index is -0.621. The molecule has 0 unspecified atom stereocenters. The number of carbonyl (C=O) groups excluding carboxylic acids is 2. The van der Waals surface area contributed by atoms with Crippen molar-refractivity contribution in [2.75, 3.05) is 5.32 Å². The molecule has 1 aromatic carbocycles. The van der Waals surface area contributed by atoms with Crippen LogP contribution >= 0.6 is 11.8 Å². The summed E-state index contributed by atoms with van der Waals surface area (Å²) in [5, 5.41) is 2.97. The van der Waals surface area contributed by atoms with Crippen molar-refractivity contribution in [1.29, 1.82) is 0 Å². The van der Waals surface area contributed by atoms with Gasteiger partial charge in [0.05, 0.1) is 11.3 Å². The van der Waals surface area contributed by atoms with Crippen molar-refractivity contribution >= 4 is 29.1 Å². The van der Waals surface area contributed by atoms with E-state index in [1.165, 1.54) is 17.8 Å². The Bertz CT molecular complexity index is 798. The highest BCUT2D eigenvalue weighted by molar-refractivity contribution is 7.99. The Kier molecular flexibility index (Phi) is 2.90. The molecule has 0 spiro atoms. The molecule has 2 aromatic rings. The second-order valence-electron chi connectivity index (χ2n) is 4.28. The Labute approximate surface area is 117 Å². The number of amides is 1. The Morgan fingerprint density at radius 3 is 2.70 bits per heavy atom. The molecule has 6 nitrogen and oxygen atoms in total. The molecule has 2 N–H and O–H groups in total. The maximum Gasteiger partial charge on any atom is 0.296 e. The number of aryl methyl sites for hydroxylation is 1. The van der Waals surface area contributed by atoms with E-state index in [0.717, 1.165) is 4.90 Å². The first-order chi connectivity index (χ1) is 9.52. The van der Waals surface area contributed by atoms with Gasteiger partial charge < -0.3 is 10.3 Å². The lowest BCUT2D eigenvalue weighted by Gasteiger charge is -2.03. The highest BCUT2D eigenvalue weighted by Crippen LogP contribution is 2.31. The summed E-state index contributed by atoms with van der Waals surface area (Å²) >= 11 is 1.26. The third-order valence-electron chi connectivity index (χ3n) is 2.75. The van der Waals surface area contributed by atoms with E-state index in [1.807, 2.05) is 0 Å². The maximum atomic E-state index is 11.5. The minimum Gasteiger partial charge on any atom is -0.318 e. The van der Waals surface area contributed by atoms with Crippen LogP contribution < -0.4 is 10.9 Å². The fourth-order valence-corrected chi connectivity index (χ4v) is 2.78. The SMILES string of the molecule is Cc1cc(=O)[nH]c(Sc2ccc3c(c2)NC(=O)C3=O)n1. The summed E-state index contributed by atoms with van der Waals surface area (Å²) in [4.78, 5) is 41.7. The van der Waals surface area contributed by atoms with Crippen LogP contribution in [0.3, 0.4) is 0 Å². The van der Waals surface area contributed by atoms with Gasteiger partial charge in [-0.15, -0.1) is 0 Å². The molecule has 0 saturated heterocycles. The van der Waals surface area contributed by atoms with Crippen LogP contribution in [-0.4, -0.2) is 21.7 Å². The number of ketones is 1. The number of nitrogens with one attached hydrogen (secondary N) is 2. The smallest absolute Gasteiger partial charge is 0.296 e. The van der Waals surface area contributed by atoms with Gasteiger partial charge in [-0.05, 0) is 25.1 Å². The zero-order valence-electron chi connectivity index (χ0n) is 10.4. The molecule has 20 heavy (non-hydrogen) atoms. The van der Waals surface area contributed by atoms with Gasteiger partial charge in [-0.25, -0.2) is 4.98 Å². The fraction of sp³-hybridized carbons (Fsp3) is 0.0769. The van der Waals surface area contributed by atoms with E-state index in [2.05, 4.69) is 15.3 Å². The molecule has 0 bridgehead atoms. The summed E-state index contributed by atoms with van der Waals surface area (Å²) in [5.41, 5.74) is 1.26. The van der Waals surface area contributed by atoms with Crippen molar-refractivity contribution in [2.24, 2.45) is 0 Å². The van der Waals surface area contributed by atoms with Gasteiger partial charge in [-0.2, -0.15) is 0 Å². The summed E-state index contributed by atoms with van der Waals surface area (Å²) in [5.74, 6) is -1.15. The number of nitrogens with zero attached hydrogens (tertiary/aromatic N) is 1. The number of rotatable bonds is 2.